The molecule has 2 fully saturated rings. The first-order chi connectivity index (χ1) is 7.04. The lowest BCUT2D eigenvalue weighted by atomic mass is 10.1. The van der Waals surface area contributed by atoms with Gasteiger partial charge in [-0.15, -0.1) is 0 Å². The van der Waals surface area contributed by atoms with Crippen LogP contribution in [-0.4, -0.2) is 45.1 Å². The van der Waals surface area contributed by atoms with Crippen molar-refractivity contribution in [2.24, 2.45) is 0 Å². The maximum absolute atomic E-state index is 11.5. The van der Waals surface area contributed by atoms with Crippen molar-refractivity contribution >= 4 is 9.84 Å². The van der Waals surface area contributed by atoms with E-state index in [4.69, 9.17) is 0 Å². The molecule has 2 aliphatic rings. The van der Waals surface area contributed by atoms with Gasteiger partial charge in [0.15, 0.2) is 9.84 Å². The van der Waals surface area contributed by atoms with E-state index in [0.717, 1.165) is 32.4 Å². The Morgan fingerprint density at radius 3 is 2.67 bits per heavy atom. The van der Waals surface area contributed by atoms with Crippen LogP contribution in [0.2, 0.25) is 0 Å². The van der Waals surface area contributed by atoms with Crippen LogP contribution in [0.15, 0.2) is 0 Å². The van der Waals surface area contributed by atoms with Gasteiger partial charge in [-0.2, -0.15) is 0 Å². The summed E-state index contributed by atoms with van der Waals surface area (Å²) >= 11 is 0. The molecule has 2 N–H and O–H groups in total. The largest absolute Gasteiger partial charge is 0.315 e. The Hall–Kier alpha value is -0.130. The molecule has 0 aromatic rings. The van der Waals surface area contributed by atoms with E-state index in [2.05, 4.69) is 10.6 Å². The molecule has 0 bridgehead atoms. The predicted octanol–water partition coefficient (Wildman–Crippen LogP) is -0.0948. The van der Waals surface area contributed by atoms with Gasteiger partial charge in [-0.05, 0) is 32.2 Å². The molecule has 0 amide bonds. The van der Waals surface area contributed by atoms with Crippen LogP contribution in [0.1, 0.15) is 25.7 Å². The molecular weight excluding hydrogens is 212 g/mol. The van der Waals surface area contributed by atoms with Gasteiger partial charge in [-0.25, -0.2) is 8.42 Å². The molecule has 0 aromatic heterocycles. The van der Waals surface area contributed by atoms with Gasteiger partial charge in [-0.1, -0.05) is 0 Å². The molecule has 0 radical (unpaired) electrons. The third kappa shape index (κ3) is 2.52. The van der Waals surface area contributed by atoms with Crippen molar-refractivity contribution in [1.29, 1.82) is 0 Å². The topological polar surface area (TPSA) is 58.2 Å². The first-order valence-electron chi connectivity index (χ1n) is 5.67. The van der Waals surface area contributed by atoms with Gasteiger partial charge in [0, 0.05) is 25.4 Å². The van der Waals surface area contributed by atoms with Crippen LogP contribution >= 0.6 is 0 Å². The maximum atomic E-state index is 11.5. The summed E-state index contributed by atoms with van der Waals surface area (Å²) in [7, 11) is -2.87. The number of hydrogen-bond donors (Lipinski definition) is 2. The highest BCUT2D eigenvalue weighted by molar-refractivity contribution is 7.92. The quantitative estimate of drug-likeness (QED) is 0.711. The van der Waals surface area contributed by atoms with Crippen molar-refractivity contribution in [2.75, 3.05) is 25.9 Å². The fraction of sp³-hybridized carbons (Fsp3) is 1.00. The summed E-state index contributed by atoms with van der Waals surface area (Å²) in [5, 5.41) is 6.71. The average Bonchev–Trinajstić information content (AvgIpc) is 2.96. The molecule has 1 unspecified atom stereocenters. The average molecular weight is 232 g/mol. The Labute approximate surface area is 91.7 Å². The van der Waals surface area contributed by atoms with Crippen molar-refractivity contribution < 1.29 is 8.42 Å². The fourth-order valence-corrected chi connectivity index (χ4v) is 3.36. The van der Waals surface area contributed by atoms with Crippen LogP contribution in [0.5, 0.6) is 0 Å². The van der Waals surface area contributed by atoms with E-state index in [9.17, 15) is 8.42 Å². The Kier molecular flexibility index (Phi) is 3.05. The third-order valence-electron chi connectivity index (χ3n) is 3.60. The molecule has 88 valence electrons. The van der Waals surface area contributed by atoms with Crippen LogP contribution in [0.4, 0.5) is 0 Å². The van der Waals surface area contributed by atoms with Crippen molar-refractivity contribution in [3.8, 4) is 0 Å². The van der Waals surface area contributed by atoms with Crippen LogP contribution < -0.4 is 10.6 Å². The Morgan fingerprint density at radius 2 is 2.20 bits per heavy atom. The summed E-state index contributed by atoms with van der Waals surface area (Å²) < 4.78 is 22.6. The highest BCUT2D eigenvalue weighted by Crippen LogP contribution is 2.42. The first-order valence-corrected chi connectivity index (χ1v) is 7.56. The normalized spacial score (nSPS) is 30.1. The van der Waals surface area contributed by atoms with Gasteiger partial charge in [0.05, 0.1) is 4.75 Å². The van der Waals surface area contributed by atoms with Crippen LogP contribution in [0, 0.1) is 0 Å². The molecular formula is C10H20N2O2S. The SMILES string of the molecule is CS(=O)(=O)C1(CNC2CCCNC2)CC1. The summed E-state index contributed by atoms with van der Waals surface area (Å²) in [5.74, 6) is 0. The van der Waals surface area contributed by atoms with Crippen molar-refractivity contribution in [3.05, 3.63) is 0 Å². The number of rotatable bonds is 4. The first kappa shape index (κ1) is 11.4. The molecule has 1 heterocycles. The van der Waals surface area contributed by atoms with Gasteiger partial charge in [-0.3, -0.25) is 0 Å². The second-order valence-electron chi connectivity index (χ2n) is 4.88. The Balaban J connectivity index is 1.83. The lowest BCUT2D eigenvalue weighted by molar-refractivity contribution is 0.387. The second-order valence-corrected chi connectivity index (χ2v) is 7.29. The number of piperidine rings is 1. The molecule has 0 spiro atoms. The van der Waals surface area contributed by atoms with Crippen LogP contribution in [0.3, 0.4) is 0 Å². The molecule has 0 aromatic carbocycles. The third-order valence-corrected chi connectivity index (χ3v) is 5.73. The van der Waals surface area contributed by atoms with E-state index < -0.39 is 14.6 Å². The zero-order valence-corrected chi connectivity index (χ0v) is 10.1. The molecule has 1 saturated carbocycles. The second kappa shape index (κ2) is 4.03. The van der Waals surface area contributed by atoms with E-state index in [-0.39, 0.29) is 0 Å². The highest BCUT2D eigenvalue weighted by atomic mass is 32.2. The summed E-state index contributed by atoms with van der Waals surface area (Å²) in [4.78, 5) is 0. The van der Waals surface area contributed by atoms with Gasteiger partial charge in [0.1, 0.15) is 0 Å². The molecule has 1 saturated heterocycles. The van der Waals surface area contributed by atoms with Crippen molar-refractivity contribution in [1.82, 2.24) is 10.6 Å². The van der Waals surface area contributed by atoms with E-state index in [1.165, 1.54) is 12.7 Å². The van der Waals surface area contributed by atoms with Crippen LogP contribution in [-0.2, 0) is 9.84 Å². The minimum absolute atomic E-state index is 0.426. The number of sulfone groups is 1. The van der Waals surface area contributed by atoms with E-state index >= 15 is 0 Å². The van der Waals surface area contributed by atoms with Gasteiger partial charge in [0.25, 0.3) is 0 Å². The van der Waals surface area contributed by atoms with Gasteiger partial charge >= 0.3 is 0 Å². The van der Waals surface area contributed by atoms with Crippen LogP contribution in [0.25, 0.3) is 0 Å². The monoisotopic (exact) mass is 232 g/mol. The van der Waals surface area contributed by atoms with E-state index in [0.29, 0.717) is 12.6 Å². The summed E-state index contributed by atoms with van der Waals surface area (Å²) in [5.41, 5.74) is 0. The van der Waals surface area contributed by atoms with Gasteiger partial charge < -0.3 is 10.6 Å². The molecule has 2 rings (SSSR count). The molecule has 15 heavy (non-hydrogen) atoms. The standard InChI is InChI=1S/C10H20N2O2S/c1-15(13,14)10(4-5-10)8-12-9-3-2-6-11-7-9/h9,11-12H,2-8H2,1H3. The fourth-order valence-electron chi connectivity index (χ4n) is 2.17. The lowest BCUT2D eigenvalue weighted by Gasteiger charge is -2.26. The maximum Gasteiger partial charge on any atom is 0.154 e. The molecule has 4 nitrogen and oxygen atoms in total. The Bertz CT molecular complexity index is 316. The highest BCUT2D eigenvalue weighted by Gasteiger charge is 2.51. The minimum atomic E-state index is -2.87. The summed E-state index contributed by atoms with van der Waals surface area (Å²) in [6, 6.07) is 0.456. The lowest BCUT2D eigenvalue weighted by Crippen LogP contribution is -2.47. The Morgan fingerprint density at radius 1 is 1.47 bits per heavy atom. The molecule has 5 heteroatoms. The summed E-state index contributed by atoms with van der Waals surface area (Å²) in [6.45, 7) is 2.70. The zero-order chi connectivity index (χ0) is 10.9. The van der Waals surface area contributed by atoms with Crippen molar-refractivity contribution in [3.63, 3.8) is 0 Å². The van der Waals surface area contributed by atoms with E-state index in [1.807, 2.05) is 0 Å². The number of hydrogen-bond acceptors (Lipinski definition) is 4. The smallest absolute Gasteiger partial charge is 0.154 e. The van der Waals surface area contributed by atoms with Gasteiger partial charge in [0.2, 0.25) is 0 Å². The number of nitrogens with one attached hydrogen (secondary N) is 2. The zero-order valence-electron chi connectivity index (χ0n) is 9.25. The molecule has 1 atom stereocenters. The minimum Gasteiger partial charge on any atom is -0.315 e. The predicted molar refractivity (Wildman–Crippen MR) is 60.7 cm³/mol. The molecule has 1 aliphatic heterocycles. The van der Waals surface area contributed by atoms with E-state index in [1.54, 1.807) is 0 Å². The molecule has 1 aliphatic carbocycles. The summed E-state index contributed by atoms with van der Waals surface area (Å²) in [6.07, 6.45) is 5.37. The van der Waals surface area contributed by atoms with Crippen molar-refractivity contribution in [2.45, 2.75) is 36.5 Å².